The van der Waals surface area contributed by atoms with Crippen molar-refractivity contribution in [3.63, 3.8) is 0 Å². The van der Waals surface area contributed by atoms with Gasteiger partial charge in [0.05, 0.1) is 13.2 Å². The van der Waals surface area contributed by atoms with Crippen LogP contribution in [0.3, 0.4) is 0 Å². The Morgan fingerprint density at radius 2 is 2.03 bits per heavy atom. The number of methoxy groups -OCH3 is 1. The zero-order valence-electron chi connectivity index (χ0n) is 17.7. The summed E-state index contributed by atoms with van der Waals surface area (Å²) in [6.07, 6.45) is 1.67. The molecule has 2 unspecified atom stereocenters. The largest absolute Gasteiger partial charge is 0.496 e. The summed E-state index contributed by atoms with van der Waals surface area (Å²) in [5.41, 5.74) is 2.71. The topological polar surface area (TPSA) is 73.2 Å². The van der Waals surface area contributed by atoms with Gasteiger partial charge in [0.25, 0.3) is 0 Å². The Morgan fingerprint density at radius 3 is 2.80 bits per heavy atom. The first-order valence-electron chi connectivity index (χ1n) is 10.6. The van der Waals surface area contributed by atoms with E-state index in [-0.39, 0.29) is 5.91 Å². The Hall–Kier alpha value is -2.41. The zero-order chi connectivity index (χ0) is 21.3. The Bertz CT molecular complexity index is 931. The molecule has 6 heteroatoms. The summed E-state index contributed by atoms with van der Waals surface area (Å²) in [5, 5.41) is 22.3. The molecule has 2 atom stereocenters. The number of hydrogen-bond acceptors (Lipinski definition) is 5. The molecule has 2 aliphatic rings. The minimum atomic E-state index is -0.996. The molecular formula is C24H30N2O4. The van der Waals surface area contributed by atoms with Crippen LogP contribution in [0.4, 0.5) is 5.69 Å². The predicted molar refractivity (Wildman–Crippen MR) is 116 cm³/mol. The van der Waals surface area contributed by atoms with E-state index in [1.54, 1.807) is 18.9 Å². The van der Waals surface area contributed by atoms with E-state index in [0.29, 0.717) is 31.8 Å². The van der Waals surface area contributed by atoms with Crippen molar-refractivity contribution in [3.05, 3.63) is 59.2 Å². The quantitative estimate of drug-likeness (QED) is 0.793. The van der Waals surface area contributed by atoms with E-state index in [0.717, 1.165) is 41.8 Å². The van der Waals surface area contributed by atoms with Gasteiger partial charge >= 0.3 is 0 Å². The van der Waals surface area contributed by atoms with Gasteiger partial charge in [-0.15, -0.1) is 0 Å². The van der Waals surface area contributed by atoms with Crippen LogP contribution in [-0.4, -0.2) is 54.3 Å². The molecule has 1 amide bonds. The zero-order valence-corrected chi connectivity index (χ0v) is 17.7. The van der Waals surface area contributed by atoms with Crippen molar-refractivity contribution in [2.75, 3.05) is 38.2 Å². The van der Waals surface area contributed by atoms with Gasteiger partial charge in [-0.05, 0) is 49.1 Å². The molecule has 2 aliphatic heterocycles. The number of aliphatic hydroxyl groups is 2. The Balaban J connectivity index is 1.47. The van der Waals surface area contributed by atoms with Crippen molar-refractivity contribution in [1.29, 1.82) is 0 Å². The number of aliphatic hydroxyl groups excluding tert-OH is 1. The van der Waals surface area contributed by atoms with Gasteiger partial charge in [-0.1, -0.05) is 30.3 Å². The van der Waals surface area contributed by atoms with Gasteiger partial charge in [0.1, 0.15) is 11.4 Å². The number of anilines is 1. The van der Waals surface area contributed by atoms with Gasteiger partial charge in [-0.3, -0.25) is 9.69 Å². The molecule has 1 fully saturated rings. The second-order valence-electron chi connectivity index (χ2n) is 8.40. The number of para-hydroxylation sites is 1. The van der Waals surface area contributed by atoms with Gasteiger partial charge in [0.2, 0.25) is 5.91 Å². The number of carbonyl (C=O) groups excluding carboxylic acids is 1. The predicted octanol–water partition coefficient (Wildman–Crippen LogP) is 2.62. The third-order valence-corrected chi connectivity index (χ3v) is 6.35. The summed E-state index contributed by atoms with van der Waals surface area (Å²) in [7, 11) is 1.62. The summed E-state index contributed by atoms with van der Waals surface area (Å²) in [5.74, 6) is 0.738. The Kier molecular flexibility index (Phi) is 5.82. The van der Waals surface area contributed by atoms with E-state index in [4.69, 9.17) is 4.74 Å². The maximum absolute atomic E-state index is 11.8. The second-order valence-corrected chi connectivity index (χ2v) is 8.40. The van der Waals surface area contributed by atoms with E-state index in [1.807, 2.05) is 42.5 Å². The monoisotopic (exact) mass is 410 g/mol. The van der Waals surface area contributed by atoms with E-state index < -0.39 is 11.7 Å². The number of rotatable bonds is 5. The van der Waals surface area contributed by atoms with E-state index in [1.165, 1.54) is 0 Å². The van der Waals surface area contributed by atoms with Crippen LogP contribution in [-0.2, 0) is 16.8 Å². The highest BCUT2D eigenvalue weighted by molar-refractivity contribution is 5.93. The number of likely N-dealkylation sites (tertiary alicyclic amines) is 1. The molecule has 30 heavy (non-hydrogen) atoms. The molecular weight excluding hydrogens is 380 g/mol. The first kappa shape index (κ1) is 20.8. The number of carbonyl (C=O) groups is 1. The molecule has 0 aromatic heterocycles. The number of benzene rings is 2. The fourth-order valence-corrected chi connectivity index (χ4v) is 4.83. The standard InChI is InChI=1S/C24H30N2O4/c1-17(27)26-13-10-18-14-19(8-9-21(18)26)22(28)15-25-12-5-11-24(29,16-25)20-6-3-4-7-23(20)30-2/h3-4,6-9,14,22,28-29H,5,10-13,15-16H2,1-2H3. The van der Waals surface area contributed by atoms with Crippen LogP contribution in [0.25, 0.3) is 0 Å². The summed E-state index contributed by atoms with van der Waals surface area (Å²) in [4.78, 5) is 15.7. The lowest BCUT2D eigenvalue weighted by Crippen LogP contribution is -2.47. The van der Waals surface area contributed by atoms with Crippen molar-refractivity contribution in [2.45, 2.75) is 37.9 Å². The SMILES string of the molecule is COc1ccccc1C1(O)CCCN(CC(O)c2ccc3c(c2)CCN3C(C)=O)C1. The van der Waals surface area contributed by atoms with Crippen molar-refractivity contribution < 1.29 is 19.7 Å². The average molecular weight is 411 g/mol. The van der Waals surface area contributed by atoms with E-state index in [9.17, 15) is 15.0 Å². The van der Waals surface area contributed by atoms with Crippen molar-refractivity contribution >= 4 is 11.6 Å². The highest BCUT2D eigenvalue weighted by Gasteiger charge is 2.37. The molecule has 0 spiro atoms. The highest BCUT2D eigenvalue weighted by Crippen LogP contribution is 2.37. The van der Waals surface area contributed by atoms with Gasteiger partial charge in [-0.2, -0.15) is 0 Å². The van der Waals surface area contributed by atoms with Gasteiger partial charge < -0.3 is 19.8 Å². The fourth-order valence-electron chi connectivity index (χ4n) is 4.83. The van der Waals surface area contributed by atoms with Crippen LogP contribution < -0.4 is 9.64 Å². The molecule has 2 N–H and O–H groups in total. The Labute approximate surface area is 177 Å². The number of piperidine rings is 1. The first-order valence-corrected chi connectivity index (χ1v) is 10.6. The maximum atomic E-state index is 11.8. The molecule has 0 aliphatic carbocycles. The van der Waals surface area contributed by atoms with E-state index in [2.05, 4.69) is 4.90 Å². The highest BCUT2D eigenvalue weighted by atomic mass is 16.5. The molecule has 0 saturated carbocycles. The minimum Gasteiger partial charge on any atom is -0.496 e. The van der Waals surface area contributed by atoms with Crippen molar-refractivity contribution in [3.8, 4) is 5.75 Å². The third-order valence-electron chi connectivity index (χ3n) is 6.35. The second kappa shape index (κ2) is 8.38. The average Bonchev–Trinajstić information content (AvgIpc) is 3.17. The summed E-state index contributed by atoms with van der Waals surface area (Å²) >= 11 is 0. The lowest BCUT2D eigenvalue weighted by Gasteiger charge is -2.40. The smallest absolute Gasteiger partial charge is 0.223 e. The molecule has 4 rings (SSSR count). The number of β-amino-alcohol motifs (C(OH)–C–C–N with tert-alkyl or cyclic N) is 2. The number of amides is 1. The molecule has 0 radical (unpaired) electrons. The summed E-state index contributed by atoms with van der Waals surface area (Å²) in [6.45, 7) is 4.01. The van der Waals surface area contributed by atoms with Crippen LogP contribution >= 0.6 is 0 Å². The van der Waals surface area contributed by atoms with Crippen LogP contribution in [0.2, 0.25) is 0 Å². The number of hydrogen-bond donors (Lipinski definition) is 2. The molecule has 1 saturated heterocycles. The van der Waals surface area contributed by atoms with Gasteiger partial charge in [-0.25, -0.2) is 0 Å². The summed E-state index contributed by atoms with van der Waals surface area (Å²) < 4.78 is 5.46. The number of ether oxygens (including phenoxy) is 1. The number of fused-ring (bicyclic) bond motifs is 1. The van der Waals surface area contributed by atoms with Crippen LogP contribution in [0.5, 0.6) is 5.75 Å². The number of nitrogens with zero attached hydrogens (tertiary/aromatic N) is 2. The van der Waals surface area contributed by atoms with Gasteiger partial charge in [0.15, 0.2) is 0 Å². The first-order chi connectivity index (χ1) is 14.4. The van der Waals surface area contributed by atoms with Crippen molar-refractivity contribution in [1.82, 2.24) is 4.90 Å². The Morgan fingerprint density at radius 1 is 1.23 bits per heavy atom. The normalized spacial score (nSPS) is 22.6. The van der Waals surface area contributed by atoms with Gasteiger partial charge in [0, 0.05) is 37.8 Å². The molecule has 0 bridgehead atoms. The maximum Gasteiger partial charge on any atom is 0.223 e. The fraction of sp³-hybridized carbons (Fsp3) is 0.458. The lowest BCUT2D eigenvalue weighted by atomic mass is 9.85. The van der Waals surface area contributed by atoms with E-state index >= 15 is 0 Å². The molecule has 6 nitrogen and oxygen atoms in total. The molecule has 2 heterocycles. The molecule has 2 aromatic carbocycles. The van der Waals surface area contributed by atoms with Crippen LogP contribution in [0, 0.1) is 0 Å². The molecule has 160 valence electrons. The minimum absolute atomic E-state index is 0.0472. The lowest BCUT2D eigenvalue weighted by molar-refractivity contribution is -0.116. The third kappa shape index (κ3) is 3.95. The summed E-state index contributed by atoms with van der Waals surface area (Å²) in [6, 6.07) is 13.5. The molecule has 2 aromatic rings. The van der Waals surface area contributed by atoms with Crippen molar-refractivity contribution in [2.24, 2.45) is 0 Å². The van der Waals surface area contributed by atoms with Crippen LogP contribution in [0.15, 0.2) is 42.5 Å². The van der Waals surface area contributed by atoms with Crippen LogP contribution in [0.1, 0.15) is 42.6 Å².